The number of nitrogens with one attached hydrogen (secondary N) is 1. The van der Waals surface area contributed by atoms with Gasteiger partial charge < -0.3 is 9.30 Å². The maximum atomic E-state index is 13.3. The molecule has 1 aromatic heterocycles. The number of halogens is 1. The predicted octanol–water partition coefficient (Wildman–Crippen LogP) is 5.09. The maximum Gasteiger partial charge on any atom is 0.270 e. The zero-order chi connectivity index (χ0) is 23.7. The van der Waals surface area contributed by atoms with Crippen LogP contribution in [0.15, 0.2) is 64.6 Å². The van der Waals surface area contributed by atoms with Crippen molar-refractivity contribution in [3.8, 4) is 11.4 Å². The molecule has 33 heavy (non-hydrogen) atoms. The highest BCUT2D eigenvalue weighted by atomic mass is 79.9. The average molecular weight is 524 g/mol. The second-order valence-corrected chi connectivity index (χ2v) is 8.83. The van der Waals surface area contributed by atoms with Gasteiger partial charge >= 0.3 is 0 Å². The Morgan fingerprint density at radius 3 is 2.30 bits per heavy atom. The summed E-state index contributed by atoms with van der Waals surface area (Å²) >= 11 is 8.66. The van der Waals surface area contributed by atoms with Crippen LogP contribution in [-0.4, -0.2) is 28.1 Å². The molecule has 0 atom stereocenters. The number of rotatable bonds is 5. The summed E-state index contributed by atoms with van der Waals surface area (Å²) in [5.41, 5.74) is 4.25. The summed E-state index contributed by atoms with van der Waals surface area (Å²) in [4.78, 5) is 27.3. The quantitative estimate of drug-likeness (QED) is 0.287. The molecular formula is C25H22BrN3O3S. The van der Waals surface area contributed by atoms with Gasteiger partial charge in [-0.15, -0.1) is 0 Å². The first-order valence-electron chi connectivity index (χ1n) is 10.4. The third kappa shape index (κ3) is 4.49. The molecule has 0 aliphatic carbocycles. The highest BCUT2D eigenvalue weighted by molar-refractivity contribution is 9.10. The third-order valence-corrected chi connectivity index (χ3v) is 6.18. The highest BCUT2D eigenvalue weighted by Gasteiger charge is 2.34. The van der Waals surface area contributed by atoms with E-state index in [0.717, 1.165) is 32.9 Å². The number of ether oxygens (including phenoxy) is 1. The second-order valence-electron chi connectivity index (χ2n) is 7.52. The Kier molecular flexibility index (Phi) is 6.49. The molecule has 2 aromatic carbocycles. The molecule has 1 saturated heterocycles. The van der Waals surface area contributed by atoms with Crippen LogP contribution in [0, 0.1) is 13.8 Å². The number of aromatic nitrogens is 1. The Labute approximate surface area is 206 Å². The van der Waals surface area contributed by atoms with Crippen LogP contribution in [0.5, 0.6) is 5.75 Å². The van der Waals surface area contributed by atoms with Crippen molar-refractivity contribution in [2.45, 2.75) is 20.8 Å². The second kappa shape index (κ2) is 9.33. The van der Waals surface area contributed by atoms with E-state index in [-0.39, 0.29) is 10.7 Å². The van der Waals surface area contributed by atoms with Crippen LogP contribution in [0.3, 0.4) is 0 Å². The lowest BCUT2D eigenvalue weighted by atomic mass is 10.1. The monoisotopic (exact) mass is 523 g/mol. The summed E-state index contributed by atoms with van der Waals surface area (Å²) in [6.07, 6.45) is 1.62. The van der Waals surface area contributed by atoms with E-state index in [2.05, 4.69) is 25.8 Å². The van der Waals surface area contributed by atoms with Gasteiger partial charge in [0.05, 0.1) is 12.3 Å². The van der Waals surface area contributed by atoms with Crippen molar-refractivity contribution < 1.29 is 14.3 Å². The van der Waals surface area contributed by atoms with Crippen LogP contribution >= 0.6 is 28.1 Å². The summed E-state index contributed by atoms with van der Waals surface area (Å²) in [7, 11) is 0. The Balaban J connectivity index is 1.71. The fraction of sp³-hybridized carbons (Fsp3) is 0.160. The molecule has 2 amide bonds. The first-order chi connectivity index (χ1) is 15.8. The van der Waals surface area contributed by atoms with E-state index in [4.69, 9.17) is 17.0 Å². The number of aryl methyl sites for hydroxylation is 1. The van der Waals surface area contributed by atoms with Gasteiger partial charge in [-0.25, -0.2) is 0 Å². The smallest absolute Gasteiger partial charge is 0.270 e. The summed E-state index contributed by atoms with van der Waals surface area (Å²) in [6, 6.07) is 16.9. The van der Waals surface area contributed by atoms with Gasteiger partial charge in [-0.3, -0.25) is 19.8 Å². The van der Waals surface area contributed by atoms with Crippen LogP contribution in [-0.2, 0) is 9.59 Å². The van der Waals surface area contributed by atoms with Gasteiger partial charge in [0, 0.05) is 21.5 Å². The Bertz CT molecular complexity index is 1280. The molecule has 2 heterocycles. The van der Waals surface area contributed by atoms with Gasteiger partial charge in [-0.1, -0.05) is 15.9 Å². The standard InChI is InChI=1S/C25H22BrN3O3S/c1-4-32-21-11-9-19(10-12-21)28-15(2)13-17(16(28)3)14-22-23(30)27-25(33)29(24(22)31)20-7-5-18(26)6-8-20/h5-14H,4H2,1-3H3,(H,27,30,33)/b22-14+. The molecule has 4 rings (SSSR count). The van der Waals surface area contributed by atoms with Crippen LogP contribution in [0.25, 0.3) is 11.8 Å². The molecule has 0 saturated carbocycles. The third-order valence-electron chi connectivity index (χ3n) is 5.36. The van der Waals surface area contributed by atoms with Gasteiger partial charge in [0.2, 0.25) is 0 Å². The van der Waals surface area contributed by atoms with Crippen molar-refractivity contribution in [1.82, 2.24) is 9.88 Å². The van der Waals surface area contributed by atoms with Gasteiger partial charge in [0.25, 0.3) is 11.8 Å². The fourth-order valence-electron chi connectivity index (χ4n) is 3.83. The van der Waals surface area contributed by atoms with Gasteiger partial charge in [0.1, 0.15) is 11.3 Å². The SMILES string of the molecule is CCOc1ccc(-n2c(C)cc(/C=C3\C(=O)NC(=S)N(c4ccc(Br)cc4)C3=O)c2C)cc1. The molecule has 3 aromatic rings. The van der Waals surface area contributed by atoms with E-state index < -0.39 is 11.8 Å². The van der Waals surface area contributed by atoms with Crippen LogP contribution in [0.4, 0.5) is 5.69 Å². The van der Waals surface area contributed by atoms with Crippen LogP contribution in [0.1, 0.15) is 23.9 Å². The van der Waals surface area contributed by atoms with E-state index in [1.54, 1.807) is 18.2 Å². The molecule has 1 fully saturated rings. The number of nitrogens with zero attached hydrogens (tertiary/aromatic N) is 2. The first-order valence-corrected chi connectivity index (χ1v) is 11.6. The topological polar surface area (TPSA) is 63.6 Å². The maximum absolute atomic E-state index is 13.3. The molecule has 0 spiro atoms. The number of carbonyl (C=O) groups is 2. The highest BCUT2D eigenvalue weighted by Crippen LogP contribution is 2.27. The molecule has 6 nitrogen and oxygen atoms in total. The lowest BCUT2D eigenvalue weighted by Gasteiger charge is -2.29. The lowest BCUT2D eigenvalue weighted by Crippen LogP contribution is -2.54. The minimum atomic E-state index is -0.510. The number of benzene rings is 2. The van der Waals surface area contributed by atoms with E-state index in [9.17, 15) is 9.59 Å². The van der Waals surface area contributed by atoms with E-state index in [1.165, 1.54) is 4.90 Å². The Morgan fingerprint density at radius 2 is 1.67 bits per heavy atom. The number of hydrogen-bond acceptors (Lipinski definition) is 4. The number of hydrogen-bond donors (Lipinski definition) is 1. The Hall–Kier alpha value is -3.23. The zero-order valence-corrected chi connectivity index (χ0v) is 20.8. The van der Waals surface area contributed by atoms with Crippen LogP contribution in [0.2, 0.25) is 0 Å². The summed E-state index contributed by atoms with van der Waals surface area (Å²) < 4.78 is 8.48. The van der Waals surface area contributed by atoms with Crippen molar-refractivity contribution in [3.63, 3.8) is 0 Å². The summed E-state index contributed by atoms with van der Waals surface area (Å²) in [5, 5.41) is 2.69. The molecule has 168 valence electrons. The van der Waals surface area contributed by atoms with E-state index >= 15 is 0 Å². The van der Waals surface area contributed by atoms with Gasteiger partial charge in [-0.2, -0.15) is 0 Å². The van der Waals surface area contributed by atoms with Gasteiger partial charge in [0.15, 0.2) is 5.11 Å². The van der Waals surface area contributed by atoms with Crippen molar-refractivity contribution in [2.75, 3.05) is 11.5 Å². The lowest BCUT2D eigenvalue weighted by molar-refractivity contribution is -0.122. The van der Waals surface area contributed by atoms with E-state index in [1.807, 2.05) is 63.2 Å². The zero-order valence-electron chi connectivity index (χ0n) is 18.4. The van der Waals surface area contributed by atoms with Crippen molar-refractivity contribution in [1.29, 1.82) is 0 Å². The molecule has 1 N–H and O–H groups in total. The largest absolute Gasteiger partial charge is 0.494 e. The molecule has 0 unspecified atom stereocenters. The number of amides is 2. The molecule has 8 heteroatoms. The normalized spacial score (nSPS) is 15.2. The minimum absolute atomic E-state index is 0.0264. The number of anilines is 1. The minimum Gasteiger partial charge on any atom is -0.494 e. The molecule has 1 aliphatic rings. The predicted molar refractivity (Wildman–Crippen MR) is 137 cm³/mol. The van der Waals surface area contributed by atoms with Crippen molar-refractivity contribution in [2.24, 2.45) is 0 Å². The van der Waals surface area contributed by atoms with Crippen molar-refractivity contribution in [3.05, 3.63) is 81.6 Å². The number of carbonyl (C=O) groups excluding carboxylic acids is 2. The average Bonchev–Trinajstić information content (AvgIpc) is 3.06. The molecule has 0 radical (unpaired) electrons. The summed E-state index contributed by atoms with van der Waals surface area (Å²) in [6.45, 7) is 6.49. The van der Waals surface area contributed by atoms with Crippen LogP contribution < -0.4 is 15.0 Å². The van der Waals surface area contributed by atoms with E-state index in [0.29, 0.717) is 12.3 Å². The Morgan fingerprint density at radius 1 is 1.03 bits per heavy atom. The first kappa shape index (κ1) is 22.9. The molecule has 1 aliphatic heterocycles. The van der Waals surface area contributed by atoms with Crippen molar-refractivity contribution >= 4 is 56.8 Å². The van der Waals surface area contributed by atoms with Gasteiger partial charge in [-0.05, 0) is 99.2 Å². The molecule has 0 bridgehead atoms. The fourth-order valence-corrected chi connectivity index (χ4v) is 4.37. The molecular weight excluding hydrogens is 502 g/mol. The number of thiocarbonyl (C=S) groups is 1. The summed E-state index contributed by atoms with van der Waals surface area (Å²) in [5.74, 6) is -0.166.